The van der Waals surface area contributed by atoms with Gasteiger partial charge in [-0.3, -0.25) is 9.69 Å². The largest absolute Gasteiger partial charge is 0.445 e. The molecule has 0 spiro atoms. The summed E-state index contributed by atoms with van der Waals surface area (Å²) in [5.41, 5.74) is 2.68. The number of ether oxygens (including phenoxy) is 2. The lowest BCUT2D eigenvalue weighted by Crippen LogP contribution is -2.33. The zero-order valence-electron chi connectivity index (χ0n) is 21.9. The number of hydrogen-bond donors (Lipinski definition) is 3. The molecule has 5 rings (SSSR count). The molecule has 1 saturated heterocycles. The first-order chi connectivity index (χ1) is 19.9. The Hall–Kier alpha value is -5.33. The number of carbonyl (C=O) groups is 3. The van der Waals surface area contributed by atoms with Gasteiger partial charge in [0.2, 0.25) is 11.7 Å². The fraction of sp³-hybridized carbons (Fsp3) is 0.214. The Morgan fingerprint density at radius 3 is 2.61 bits per heavy atom. The van der Waals surface area contributed by atoms with Gasteiger partial charge in [-0.05, 0) is 34.9 Å². The highest BCUT2D eigenvalue weighted by Crippen LogP contribution is 2.30. The van der Waals surface area contributed by atoms with Crippen LogP contribution in [-0.2, 0) is 20.9 Å². The number of alkyl carbamates (subject to hydrolysis) is 1. The van der Waals surface area contributed by atoms with Gasteiger partial charge >= 0.3 is 12.2 Å². The number of aromatic amines is 1. The quantitative estimate of drug-likeness (QED) is 0.282. The van der Waals surface area contributed by atoms with Crippen molar-refractivity contribution in [3.63, 3.8) is 0 Å². The molecule has 2 atom stereocenters. The average Bonchev–Trinajstić information content (AvgIpc) is 3.64. The highest BCUT2D eigenvalue weighted by molar-refractivity contribution is 5.90. The van der Waals surface area contributed by atoms with Gasteiger partial charge in [-0.25, -0.2) is 14.0 Å². The molecule has 0 aliphatic carbocycles. The van der Waals surface area contributed by atoms with Crippen LogP contribution in [0.1, 0.15) is 29.9 Å². The molecule has 2 heterocycles. The average molecular weight is 560 g/mol. The van der Waals surface area contributed by atoms with Crippen molar-refractivity contribution in [3.8, 4) is 11.1 Å². The van der Waals surface area contributed by atoms with E-state index < -0.39 is 30.1 Å². The van der Waals surface area contributed by atoms with Crippen molar-refractivity contribution in [1.82, 2.24) is 31.3 Å². The molecule has 0 radical (unpaired) electrons. The van der Waals surface area contributed by atoms with Crippen molar-refractivity contribution >= 4 is 23.8 Å². The minimum atomic E-state index is -0.773. The Bertz CT molecular complexity index is 1520. The lowest BCUT2D eigenvalue weighted by atomic mass is 9.99. The minimum Gasteiger partial charge on any atom is -0.445 e. The molecule has 41 heavy (non-hydrogen) atoms. The van der Waals surface area contributed by atoms with Crippen molar-refractivity contribution < 1.29 is 28.2 Å². The zero-order chi connectivity index (χ0) is 28.8. The third-order valence-electron chi connectivity index (χ3n) is 6.37. The van der Waals surface area contributed by atoms with Gasteiger partial charge in [-0.15, -0.1) is 10.2 Å². The van der Waals surface area contributed by atoms with E-state index in [-0.39, 0.29) is 31.4 Å². The van der Waals surface area contributed by atoms with Crippen LogP contribution in [0.15, 0.2) is 72.8 Å². The summed E-state index contributed by atoms with van der Waals surface area (Å²) in [5.74, 6) is -0.548. The number of hydrogen-bond acceptors (Lipinski definition) is 8. The summed E-state index contributed by atoms with van der Waals surface area (Å²) in [6.07, 6.45) is -1.81. The van der Waals surface area contributed by atoms with Gasteiger partial charge in [0.05, 0.1) is 18.8 Å². The number of benzene rings is 3. The molecule has 1 aliphatic rings. The smallest absolute Gasteiger partial charge is 0.414 e. The second-order valence-electron chi connectivity index (χ2n) is 9.25. The SMILES string of the molecule is CC(=O)NC[C@H]1CN(c2ccc(-c3ccc([C@@H](NC(=O)OCc4ccccc4)c4nn[nH]n4)cc3)c(F)c2)C(=O)O1. The molecule has 1 aromatic heterocycles. The second-order valence-corrected chi connectivity index (χ2v) is 9.25. The van der Waals surface area contributed by atoms with Crippen molar-refractivity contribution in [2.24, 2.45) is 0 Å². The van der Waals surface area contributed by atoms with Crippen LogP contribution in [0.3, 0.4) is 0 Å². The Morgan fingerprint density at radius 1 is 1.15 bits per heavy atom. The summed E-state index contributed by atoms with van der Waals surface area (Å²) >= 11 is 0. The monoisotopic (exact) mass is 559 g/mol. The predicted octanol–water partition coefficient (Wildman–Crippen LogP) is 3.48. The standard InChI is InChI=1S/C28H26FN7O5/c1-17(37)30-14-22-15-36(28(39)41-22)21-11-12-23(24(29)13-21)19-7-9-20(10-8-19)25(26-32-34-35-33-26)31-27(38)40-16-18-5-3-2-4-6-18/h2-13,22,25H,14-16H2,1H3,(H,30,37)(H,31,38)(H,32,33,34,35)/t22-,25+/m0/s1. The Morgan fingerprint density at radius 2 is 1.93 bits per heavy atom. The normalized spacial score (nSPS) is 15.2. The van der Waals surface area contributed by atoms with Crippen LogP contribution >= 0.6 is 0 Å². The van der Waals surface area contributed by atoms with E-state index in [1.54, 1.807) is 36.4 Å². The molecule has 0 saturated carbocycles. The summed E-state index contributed by atoms with van der Waals surface area (Å²) in [4.78, 5) is 37.3. The summed E-state index contributed by atoms with van der Waals surface area (Å²) in [6.45, 7) is 1.82. The Labute approximate surface area is 233 Å². The van der Waals surface area contributed by atoms with E-state index in [1.807, 2.05) is 30.3 Å². The van der Waals surface area contributed by atoms with Gasteiger partial charge in [0.25, 0.3) is 0 Å². The number of amides is 3. The minimum absolute atomic E-state index is 0.0883. The molecule has 0 bridgehead atoms. The number of aromatic nitrogens is 4. The zero-order valence-corrected chi connectivity index (χ0v) is 21.9. The molecule has 3 aromatic carbocycles. The predicted molar refractivity (Wildman–Crippen MR) is 144 cm³/mol. The highest BCUT2D eigenvalue weighted by atomic mass is 19.1. The molecular weight excluding hydrogens is 533 g/mol. The van der Waals surface area contributed by atoms with Crippen LogP contribution < -0.4 is 15.5 Å². The van der Waals surface area contributed by atoms with Crippen LogP contribution in [0, 0.1) is 5.82 Å². The first-order valence-corrected chi connectivity index (χ1v) is 12.7. The van der Waals surface area contributed by atoms with Crippen LogP contribution in [0.25, 0.3) is 11.1 Å². The van der Waals surface area contributed by atoms with Gasteiger partial charge in [-0.1, -0.05) is 59.8 Å². The molecular formula is C28H26FN7O5. The number of nitrogens with one attached hydrogen (secondary N) is 3. The topological polar surface area (TPSA) is 151 Å². The van der Waals surface area contributed by atoms with Crippen LogP contribution in [0.2, 0.25) is 0 Å². The molecule has 12 nitrogen and oxygen atoms in total. The van der Waals surface area contributed by atoms with Crippen LogP contribution in [0.5, 0.6) is 0 Å². The maximum atomic E-state index is 15.2. The van der Waals surface area contributed by atoms with E-state index in [4.69, 9.17) is 9.47 Å². The number of halogens is 1. The van der Waals surface area contributed by atoms with Crippen molar-refractivity contribution in [3.05, 3.63) is 95.6 Å². The molecule has 1 aliphatic heterocycles. The fourth-order valence-corrected chi connectivity index (χ4v) is 4.33. The fourth-order valence-electron chi connectivity index (χ4n) is 4.33. The van der Waals surface area contributed by atoms with Gasteiger partial charge in [-0.2, -0.15) is 5.21 Å². The third-order valence-corrected chi connectivity index (χ3v) is 6.37. The van der Waals surface area contributed by atoms with Gasteiger partial charge < -0.3 is 20.1 Å². The highest BCUT2D eigenvalue weighted by Gasteiger charge is 2.32. The van der Waals surface area contributed by atoms with E-state index in [1.165, 1.54) is 17.9 Å². The third kappa shape index (κ3) is 6.64. The molecule has 1 fully saturated rings. The number of nitrogens with zero attached hydrogens (tertiary/aromatic N) is 4. The number of anilines is 1. The first-order valence-electron chi connectivity index (χ1n) is 12.7. The van der Waals surface area contributed by atoms with Gasteiger partial charge in [0.15, 0.2) is 0 Å². The number of H-pyrrole nitrogens is 1. The van der Waals surface area contributed by atoms with E-state index in [0.717, 1.165) is 5.56 Å². The Balaban J connectivity index is 1.28. The maximum absolute atomic E-state index is 15.2. The van der Waals surface area contributed by atoms with E-state index in [9.17, 15) is 14.4 Å². The molecule has 13 heteroatoms. The summed E-state index contributed by atoms with van der Waals surface area (Å²) < 4.78 is 25.8. The number of carbonyl (C=O) groups excluding carboxylic acids is 3. The molecule has 0 unspecified atom stereocenters. The van der Waals surface area contributed by atoms with Gasteiger partial charge in [0, 0.05) is 12.5 Å². The van der Waals surface area contributed by atoms with E-state index in [0.29, 0.717) is 22.4 Å². The molecule has 210 valence electrons. The van der Waals surface area contributed by atoms with Crippen molar-refractivity contribution in [2.75, 3.05) is 18.0 Å². The van der Waals surface area contributed by atoms with Crippen molar-refractivity contribution in [1.29, 1.82) is 0 Å². The number of rotatable bonds is 9. The summed E-state index contributed by atoms with van der Waals surface area (Å²) in [6, 6.07) is 19.8. The molecule has 3 amide bonds. The second kappa shape index (κ2) is 12.2. The van der Waals surface area contributed by atoms with Crippen molar-refractivity contribution in [2.45, 2.75) is 25.7 Å². The van der Waals surface area contributed by atoms with Crippen LogP contribution in [0.4, 0.5) is 19.7 Å². The summed E-state index contributed by atoms with van der Waals surface area (Å²) in [5, 5.41) is 19.3. The molecule has 4 aromatic rings. The summed E-state index contributed by atoms with van der Waals surface area (Å²) in [7, 11) is 0. The molecule has 3 N–H and O–H groups in total. The van der Waals surface area contributed by atoms with Gasteiger partial charge in [0.1, 0.15) is 24.6 Å². The van der Waals surface area contributed by atoms with E-state index in [2.05, 4.69) is 31.3 Å². The lowest BCUT2D eigenvalue weighted by Gasteiger charge is -2.17. The number of cyclic esters (lactones) is 1. The van der Waals surface area contributed by atoms with Crippen LogP contribution in [-0.4, -0.2) is 57.9 Å². The maximum Gasteiger partial charge on any atom is 0.414 e. The number of tetrazole rings is 1. The first kappa shape index (κ1) is 27.2. The lowest BCUT2D eigenvalue weighted by molar-refractivity contribution is -0.119. The Kier molecular flexibility index (Phi) is 8.13. The van der Waals surface area contributed by atoms with E-state index >= 15 is 4.39 Å².